The highest BCUT2D eigenvalue weighted by molar-refractivity contribution is 5.99. The van der Waals surface area contributed by atoms with Crippen molar-refractivity contribution in [1.29, 1.82) is 0 Å². The van der Waals surface area contributed by atoms with Crippen LogP contribution in [0, 0.1) is 0 Å². The van der Waals surface area contributed by atoms with Crippen molar-refractivity contribution >= 4 is 11.6 Å². The highest BCUT2D eigenvalue weighted by Gasteiger charge is 2.54. The van der Waals surface area contributed by atoms with Gasteiger partial charge in [0.2, 0.25) is 0 Å². The van der Waals surface area contributed by atoms with E-state index in [1.54, 1.807) is 12.1 Å². The standard InChI is InChI=1S/C11H13F3N2O2/c1-10(15,11(12,13)14)9(17)16-7-5-3-4-6-8(7)18-2/h3-6H,15H2,1-2H3,(H,16,17)/t10-/m1/s1. The Morgan fingerprint density at radius 3 is 2.39 bits per heavy atom. The van der Waals surface area contributed by atoms with E-state index >= 15 is 0 Å². The molecule has 1 aromatic rings. The third-order valence-electron chi connectivity index (χ3n) is 2.42. The Labute approximate surface area is 102 Å². The number of para-hydroxylation sites is 2. The van der Waals surface area contributed by atoms with Crippen LogP contribution in [0.3, 0.4) is 0 Å². The molecule has 7 heteroatoms. The van der Waals surface area contributed by atoms with Crippen LogP contribution in [0.4, 0.5) is 18.9 Å². The summed E-state index contributed by atoms with van der Waals surface area (Å²) in [6.45, 7) is 0.609. The van der Waals surface area contributed by atoms with Gasteiger partial charge < -0.3 is 15.8 Å². The van der Waals surface area contributed by atoms with Crippen LogP contribution in [0.5, 0.6) is 5.75 Å². The molecule has 0 saturated carbocycles. The second kappa shape index (κ2) is 4.85. The number of hydrogen-bond acceptors (Lipinski definition) is 3. The van der Waals surface area contributed by atoms with Crippen LogP contribution in [-0.4, -0.2) is 24.7 Å². The molecule has 3 N–H and O–H groups in total. The Balaban J connectivity index is 2.95. The van der Waals surface area contributed by atoms with Crippen molar-refractivity contribution in [1.82, 2.24) is 0 Å². The fourth-order valence-electron chi connectivity index (χ4n) is 1.13. The maximum Gasteiger partial charge on any atom is 0.415 e. The minimum absolute atomic E-state index is 0.130. The summed E-state index contributed by atoms with van der Waals surface area (Å²) in [4.78, 5) is 11.5. The van der Waals surface area contributed by atoms with E-state index in [4.69, 9.17) is 10.5 Å². The molecule has 1 atom stereocenters. The van der Waals surface area contributed by atoms with E-state index < -0.39 is 17.6 Å². The summed E-state index contributed by atoms with van der Waals surface area (Å²) in [7, 11) is 1.34. The molecule has 18 heavy (non-hydrogen) atoms. The molecular formula is C11H13F3N2O2. The fraction of sp³-hybridized carbons (Fsp3) is 0.364. The van der Waals surface area contributed by atoms with E-state index in [0.29, 0.717) is 6.92 Å². The van der Waals surface area contributed by atoms with Crippen LogP contribution in [0.1, 0.15) is 6.92 Å². The number of amides is 1. The Morgan fingerprint density at radius 1 is 1.33 bits per heavy atom. The van der Waals surface area contributed by atoms with Gasteiger partial charge in [-0.15, -0.1) is 0 Å². The van der Waals surface area contributed by atoms with Crippen LogP contribution in [0.25, 0.3) is 0 Å². The Hall–Kier alpha value is -1.76. The second-order valence-electron chi connectivity index (χ2n) is 3.85. The molecule has 0 fully saturated rings. The van der Waals surface area contributed by atoms with Crippen LogP contribution < -0.4 is 15.8 Å². The summed E-state index contributed by atoms with van der Waals surface area (Å²) >= 11 is 0. The largest absolute Gasteiger partial charge is 0.495 e. The third kappa shape index (κ3) is 2.73. The maximum atomic E-state index is 12.6. The molecule has 0 aliphatic rings. The first-order valence-corrected chi connectivity index (χ1v) is 5.00. The summed E-state index contributed by atoms with van der Waals surface area (Å²) in [5.41, 5.74) is 2.16. The lowest BCUT2D eigenvalue weighted by molar-refractivity contribution is -0.184. The molecule has 0 aromatic heterocycles. The monoisotopic (exact) mass is 262 g/mol. The lowest BCUT2D eigenvalue weighted by atomic mass is 10.0. The number of hydrogen-bond donors (Lipinski definition) is 2. The predicted octanol–water partition coefficient (Wildman–Crippen LogP) is 1.91. The number of anilines is 1. The molecule has 0 radical (unpaired) electrons. The van der Waals surface area contributed by atoms with Gasteiger partial charge in [-0.05, 0) is 19.1 Å². The van der Waals surface area contributed by atoms with Crippen molar-refractivity contribution in [3.63, 3.8) is 0 Å². The van der Waals surface area contributed by atoms with E-state index in [2.05, 4.69) is 5.32 Å². The van der Waals surface area contributed by atoms with E-state index in [1.165, 1.54) is 19.2 Å². The predicted molar refractivity (Wildman–Crippen MR) is 60.3 cm³/mol. The molecule has 0 heterocycles. The summed E-state index contributed by atoms with van der Waals surface area (Å²) in [5.74, 6) is -1.09. The molecule has 1 amide bonds. The number of nitrogens with two attached hydrogens (primary N) is 1. The Morgan fingerprint density at radius 2 is 1.89 bits per heavy atom. The summed E-state index contributed by atoms with van der Waals surface area (Å²) < 4.78 is 42.6. The topological polar surface area (TPSA) is 64.3 Å². The molecule has 0 aliphatic carbocycles. The Bertz CT molecular complexity index is 444. The number of alkyl halides is 3. The van der Waals surface area contributed by atoms with Crippen LogP contribution in [0.15, 0.2) is 24.3 Å². The van der Waals surface area contributed by atoms with E-state index in [1.807, 2.05) is 0 Å². The summed E-state index contributed by atoms with van der Waals surface area (Å²) in [6.07, 6.45) is -4.83. The number of ether oxygens (including phenoxy) is 1. The molecule has 1 aromatic carbocycles. The van der Waals surface area contributed by atoms with Crippen molar-refractivity contribution < 1.29 is 22.7 Å². The minimum Gasteiger partial charge on any atom is -0.495 e. The first-order valence-electron chi connectivity index (χ1n) is 5.00. The van der Waals surface area contributed by atoms with Gasteiger partial charge in [0, 0.05) is 0 Å². The van der Waals surface area contributed by atoms with Crippen molar-refractivity contribution in [2.75, 3.05) is 12.4 Å². The lowest BCUT2D eigenvalue weighted by Gasteiger charge is -2.26. The van der Waals surface area contributed by atoms with E-state index in [0.717, 1.165) is 0 Å². The molecule has 4 nitrogen and oxygen atoms in total. The number of carbonyl (C=O) groups is 1. The van der Waals surface area contributed by atoms with Crippen molar-refractivity contribution in [3.8, 4) is 5.75 Å². The summed E-state index contributed by atoms with van der Waals surface area (Å²) in [6, 6.07) is 6.11. The average Bonchev–Trinajstić information content (AvgIpc) is 2.28. The molecule has 0 unspecified atom stereocenters. The third-order valence-corrected chi connectivity index (χ3v) is 2.42. The molecule has 100 valence electrons. The van der Waals surface area contributed by atoms with Gasteiger partial charge in [-0.25, -0.2) is 0 Å². The number of methoxy groups -OCH3 is 1. The van der Waals surface area contributed by atoms with Gasteiger partial charge in [0.05, 0.1) is 12.8 Å². The first-order chi connectivity index (χ1) is 8.20. The van der Waals surface area contributed by atoms with Gasteiger partial charge in [-0.3, -0.25) is 4.79 Å². The van der Waals surface area contributed by atoms with Crippen molar-refractivity contribution in [3.05, 3.63) is 24.3 Å². The average molecular weight is 262 g/mol. The van der Waals surface area contributed by atoms with Gasteiger partial charge in [0.25, 0.3) is 5.91 Å². The molecule has 0 bridgehead atoms. The molecular weight excluding hydrogens is 249 g/mol. The molecule has 1 rings (SSSR count). The number of rotatable bonds is 3. The molecule has 0 aliphatic heterocycles. The number of halogens is 3. The minimum atomic E-state index is -4.83. The smallest absolute Gasteiger partial charge is 0.415 e. The number of benzene rings is 1. The first kappa shape index (κ1) is 14.3. The van der Waals surface area contributed by atoms with Gasteiger partial charge >= 0.3 is 6.18 Å². The van der Waals surface area contributed by atoms with Gasteiger partial charge in [-0.2, -0.15) is 13.2 Å². The Kier molecular flexibility index (Phi) is 3.85. The zero-order chi connectivity index (χ0) is 14.0. The zero-order valence-electron chi connectivity index (χ0n) is 9.84. The van der Waals surface area contributed by atoms with Crippen LogP contribution in [-0.2, 0) is 4.79 Å². The van der Waals surface area contributed by atoms with Gasteiger partial charge in [0.1, 0.15) is 5.75 Å². The quantitative estimate of drug-likeness (QED) is 0.874. The maximum absolute atomic E-state index is 12.6. The van der Waals surface area contributed by atoms with E-state index in [9.17, 15) is 18.0 Å². The van der Waals surface area contributed by atoms with Crippen LogP contribution in [0.2, 0.25) is 0 Å². The zero-order valence-corrected chi connectivity index (χ0v) is 9.84. The van der Waals surface area contributed by atoms with Gasteiger partial charge in [-0.1, -0.05) is 12.1 Å². The van der Waals surface area contributed by atoms with Crippen molar-refractivity contribution in [2.45, 2.75) is 18.6 Å². The van der Waals surface area contributed by atoms with Crippen molar-refractivity contribution in [2.24, 2.45) is 5.73 Å². The highest BCUT2D eigenvalue weighted by atomic mass is 19.4. The lowest BCUT2D eigenvalue weighted by Crippen LogP contribution is -2.59. The molecule has 0 spiro atoms. The van der Waals surface area contributed by atoms with Crippen LogP contribution >= 0.6 is 0 Å². The number of carbonyl (C=O) groups excluding carboxylic acids is 1. The second-order valence-corrected chi connectivity index (χ2v) is 3.85. The summed E-state index contributed by atoms with van der Waals surface area (Å²) in [5, 5.41) is 2.10. The van der Waals surface area contributed by atoms with E-state index in [-0.39, 0.29) is 11.4 Å². The number of nitrogens with one attached hydrogen (secondary N) is 1. The molecule has 0 saturated heterocycles. The fourth-order valence-corrected chi connectivity index (χ4v) is 1.13. The highest BCUT2D eigenvalue weighted by Crippen LogP contribution is 2.30. The van der Waals surface area contributed by atoms with Gasteiger partial charge in [0.15, 0.2) is 5.54 Å². The normalized spacial score (nSPS) is 14.8. The SMILES string of the molecule is COc1ccccc1NC(=O)[C@@](C)(N)C(F)(F)F.